The molecular weight excluding hydrogens is 552 g/mol. The Bertz CT molecular complexity index is 1470. The van der Waals surface area contributed by atoms with Crippen LogP contribution in [0.25, 0.3) is 11.2 Å². The SMILES string of the molecule is COCC1OC(n2cnc3c(NCC(c4ccccc4)c4ccccc4)nc(CNC(=O)OC(C)(C)C)nc32)C(O)C1O. The van der Waals surface area contributed by atoms with Crippen molar-refractivity contribution >= 4 is 23.1 Å². The van der Waals surface area contributed by atoms with Gasteiger partial charge in [0.1, 0.15) is 23.9 Å². The Labute approximate surface area is 250 Å². The maximum absolute atomic E-state index is 12.4. The van der Waals surface area contributed by atoms with E-state index in [0.717, 1.165) is 11.1 Å². The van der Waals surface area contributed by atoms with Crippen LogP contribution in [0.4, 0.5) is 10.6 Å². The van der Waals surface area contributed by atoms with Crippen LogP contribution in [0, 0.1) is 0 Å². The van der Waals surface area contributed by atoms with Crippen molar-refractivity contribution in [3.05, 3.63) is 83.9 Å². The smallest absolute Gasteiger partial charge is 0.408 e. The number of amides is 1. The minimum absolute atomic E-state index is 0.00257. The number of carbonyl (C=O) groups excluding carboxylic acids is 1. The summed E-state index contributed by atoms with van der Waals surface area (Å²) in [6.45, 7) is 5.92. The molecular formula is C31H38N6O6. The van der Waals surface area contributed by atoms with E-state index in [9.17, 15) is 15.0 Å². The summed E-state index contributed by atoms with van der Waals surface area (Å²) in [5, 5.41) is 27.5. The molecule has 0 spiro atoms. The first-order valence-electron chi connectivity index (χ1n) is 14.2. The predicted octanol–water partition coefficient (Wildman–Crippen LogP) is 3.36. The highest BCUT2D eigenvalue weighted by Gasteiger charge is 2.44. The highest BCUT2D eigenvalue weighted by atomic mass is 16.6. The zero-order valence-corrected chi connectivity index (χ0v) is 24.7. The third-order valence-corrected chi connectivity index (χ3v) is 7.08. The number of anilines is 1. The Kier molecular flexibility index (Phi) is 9.21. The Morgan fingerprint density at radius 1 is 1.02 bits per heavy atom. The Hall–Kier alpha value is -4.10. The molecule has 0 aliphatic carbocycles. The van der Waals surface area contributed by atoms with Crippen LogP contribution in [0.2, 0.25) is 0 Å². The van der Waals surface area contributed by atoms with Crippen LogP contribution in [0.15, 0.2) is 67.0 Å². The van der Waals surface area contributed by atoms with Gasteiger partial charge in [0.25, 0.3) is 0 Å². The van der Waals surface area contributed by atoms with Crippen molar-refractivity contribution in [2.75, 3.05) is 25.6 Å². The van der Waals surface area contributed by atoms with Crippen LogP contribution in [-0.2, 0) is 20.8 Å². The summed E-state index contributed by atoms with van der Waals surface area (Å²) >= 11 is 0. The number of aliphatic hydroxyl groups excluding tert-OH is 2. The highest BCUT2D eigenvalue weighted by Crippen LogP contribution is 2.33. The quantitative estimate of drug-likeness (QED) is 0.216. The zero-order chi connectivity index (χ0) is 30.6. The van der Waals surface area contributed by atoms with E-state index < -0.39 is 36.2 Å². The van der Waals surface area contributed by atoms with Gasteiger partial charge < -0.3 is 35.1 Å². The van der Waals surface area contributed by atoms with E-state index in [0.29, 0.717) is 29.4 Å². The number of hydrogen-bond donors (Lipinski definition) is 4. The van der Waals surface area contributed by atoms with Gasteiger partial charge in [0, 0.05) is 19.6 Å². The number of benzene rings is 2. The van der Waals surface area contributed by atoms with Gasteiger partial charge in [0.05, 0.1) is 19.5 Å². The van der Waals surface area contributed by atoms with E-state index in [1.807, 2.05) is 36.4 Å². The fraction of sp³-hybridized carbons (Fsp3) is 0.419. The van der Waals surface area contributed by atoms with Crippen molar-refractivity contribution in [2.45, 2.75) is 63.4 Å². The van der Waals surface area contributed by atoms with Gasteiger partial charge in [-0.1, -0.05) is 60.7 Å². The molecule has 228 valence electrons. The maximum Gasteiger partial charge on any atom is 0.408 e. The molecule has 3 heterocycles. The van der Waals surface area contributed by atoms with Crippen molar-refractivity contribution in [2.24, 2.45) is 0 Å². The van der Waals surface area contributed by atoms with Gasteiger partial charge in [-0.25, -0.2) is 19.7 Å². The number of carbonyl (C=O) groups is 1. The van der Waals surface area contributed by atoms with Gasteiger partial charge in [0.15, 0.2) is 29.0 Å². The third kappa shape index (κ3) is 7.11. The highest BCUT2D eigenvalue weighted by molar-refractivity contribution is 5.83. The number of methoxy groups -OCH3 is 1. The fourth-order valence-corrected chi connectivity index (χ4v) is 5.07. The number of fused-ring (bicyclic) bond motifs is 1. The molecule has 5 rings (SSSR count). The maximum atomic E-state index is 12.4. The number of hydrogen-bond acceptors (Lipinski definition) is 10. The van der Waals surface area contributed by atoms with E-state index in [-0.39, 0.29) is 19.1 Å². The average Bonchev–Trinajstić information content (AvgIpc) is 3.53. The van der Waals surface area contributed by atoms with Gasteiger partial charge in [-0.3, -0.25) is 4.57 Å². The molecule has 4 atom stereocenters. The first-order valence-corrected chi connectivity index (χ1v) is 14.2. The molecule has 1 aliphatic rings. The molecule has 12 nitrogen and oxygen atoms in total. The summed E-state index contributed by atoms with van der Waals surface area (Å²) in [6.07, 6.45) is -3.20. The summed E-state index contributed by atoms with van der Waals surface area (Å²) in [5.74, 6) is 0.742. The van der Waals surface area contributed by atoms with Gasteiger partial charge in [-0.2, -0.15) is 0 Å². The number of ether oxygens (including phenoxy) is 3. The van der Waals surface area contributed by atoms with Gasteiger partial charge in [-0.05, 0) is 31.9 Å². The van der Waals surface area contributed by atoms with Crippen LogP contribution in [0.3, 0.4) is 0 Å². The molecule has 1 amide bonds. The molecule has 12 heteroatoms. The lowest BCUT2D eigenvalue weighted by Crippen LogP contribution is -2.33. The van der Waals surface area contributed by atoms with Crippen LogP contribution in [0.5, 0.6) is 0 Å². The van der Waals surface area contributed by atoms with E-state index in [1.165, 1.54) is 13.4 Å². The van der Waals surface area contributed by atoms with Crippen molar-refractivity contribution in [1.82, 2.24) is 24.8 Å². The first-order chi connectivity index (χ1) is 20.6. The van der Waals surface area contributed by atoms with Crippen LogP contribution >= 0.6 is 0 Å². The third-order valence-electron chi connectivity index (χ3n) is 7.08. The van der Waals surface area contributed by atoms with Gasteiger partial charge in [0.2, 0.25) is 0 Å². The summed E-state index contributed by atoms with van der Waals surface area (Å²) in [7, 11) is 1.50. The Morgan fingerprint density at radius 2 is 1.67 bits per heavy atom. The largest absolute Gasteiger partial charge is 0.444 e. The van der Waals surface area contributed by atoms with Crippen molar-refractivity contribution in [3.63, 3.8) is 0 Å². The number of aromatic nitrogens is 4. The van der Waals surface area contributed by atoms with Crippen LogP contribution < -0.4 is 10.6 Å². The number of nitrogens with zero attached hydrogens (tertiary/aromatic N) is 4. The molecule has 1 aliphatic heterocycles. The van der Waals surface area contributed by atoms with Gasteiger partial charge in [-0.15, -0.1) is 0 Å². The molecule has 43 heavy (non-hydrogen) atoms. The van der Waals surface area contributed by atoms with E-state index in [4.69, 9.17) is 19.2 Å². The van der Waals surface area contributed by atoms with Crippen molar-refractivity contribution < 1.29 is 29.2 Å². The second kappa shape index (κ2) is 13.0. The van der Waals surface area contributed by atoms with E-state index in [1.54, 1.807) is 25.3 Å². The molecule has 2 aromatic heterocycles. The summed E-state index contributed by atoms with van der Waals surface area (Å²) in [4.78, 5) is 26.3. The molecule has 0 radical (unpaired) electrons. The normalized spacial score (nSPS) is 20.4. The second-order valence-corrected chi connectivity index (χ2v) is 11.4. The predicted molar refractivity (Wildman–Crippen MR) is 159 cm³/mol. The second-order valence-electron chi connectivity index (χ2n) is 11.4. The lowest BCUT2D eigenvalue weighted by Gasteiger charge is -2.21. The van der Waals surface area contributed by atoms with E-state index >= 15 is 0 Å². The van der Waals surface area contributed by atoms with Crippen molar-refractivity contribution in [1.29, 1.82) is 0 Å². The number of rotatable bonds is 10. The molecule has 0 saturated carbocycles. The Balaban J connectivity index is 1.48. The number of nitrogens with one attached hydrogen (secondary N) is 2. The minimum Gasteiger partial charge on any atom is -0.444 e. The van der Waals surface area contributed by atoms with E-state index in [2.05, 4.69) is 44.9 Å². The number of aliphatic hydroxyl groups is 2. The molecule has 4 aromatic rings. The van der Waals surface area contributed by atoms with Crippen molar-refractivity contribution in [3.8, 4) is 0 Å². The molecule has 4 N–H and O–H groups in total. The molecule has 4 unspecified atom stereocenters. The lowest BCUT2D eigenvalue weighted by molar-refractivity contribution is -0.0580. The first kappa shape index (κ1) is 30.4. The fourth-order valence-electron chi connectivity index (χ4n) is 5.07. The monoisotopic (exact) mass is 590 g/mol. The molecule has 2 aromatic carbocycles. The molecule has 1 fully saturated rings. The minimum atomic E-state index is -1.24. The topological polar surface area (TPSA) is 153 Å². The Morgan fingerprint density at radius 3 is 2.28 bits per heavy atom. The summed E-state index contributed by atoms with van der Waals surface area (Å²) < 4.78 is 18.0. The summed E-state index contributed by atoms with van der Waals surface area (Å²) in [5.41, 5.74) is 2.40. The van der Waals surface area contributed by atoms with Crippen LogP contribution in [0.1, 0.15) is 49.9 Å². The molecule has 1 saturated heterocycles. The standard InChI is InChI=1S/C31H38N6O6/c1-31(2,3)43-30(40)33-16-23-35-27(32-15-21(19-11-7-5-8-12-19)20-13-9-6-10-14-20)24-28(36-23)37(18-34-24)29-26(39)25(38)22(42-29)17-41-4/h5-14,18,21-22,25-26,29,38-39H,15-17H2,1-4H3,(H,33,40)(H,32,35,36). The number of imidazole rings is 1. The average molecular weight is 591 g/mol. The summed E-state index contributed by atoms with van der Waals surface area (Å²) in [6, 6.07) is 20.3. The van der Waals surface area contributed by atoms with Gasteiger partial charge >= 0.3 is 6.09 Å². The number of alkyl carbamates (subject to hydrolysis) is 1. The lowest BCUT2D eigenvalue weighted by atomic mass is 9.91. The zero-order valence-electron chi connectivity index (χ0n) is 24.7. The van der Waals surface area contributed by atoms with Crippen LogP contribution in [-0.4, -0.2) is 80.0 Å². The molecule has 0 bridgehead atoms.